The molecule has 2 nitrogen and oxygen atoms in total. The Kier molecular flexibility index (Phi) is 2.89. The van der Waals surface area contributed by atoms with Gasteiger partial charge in [0.15, 0.2) is 6.61 Å². The minimum atomic E-state index is -0.499. The summed E-state index contributed by atoms with van der Waals surface area (Å²) in [5, 5.41) is 8.16. The van der Waals surface area contributed by atoms with Crippen LogP contribution in [0.3, 0.4) is 0 Å². The number of hydrogen-bond donors (Lipinski definition) is 0. The number of rotatable bonds is 2. The van der Waals surface area contributed by atoms with E-state index in [1.54, 1.807) is 6.07 Å². The largest absolute Gasteiger partial charge is 0.479 e. The van der Waals surface area contributed by atoms with Crippen LogP contribution in [0.25, 0.3) is 0 Å². The van der Waals surface area contributed by atoms with Crippen molar-refractivity contribution in [3.63, 3.8) is 0 Å². The maximum absolute atomic E-state index is 12.6. The average molecular weight is 186 g/mol. The Morgan fingerprint density at radius 1 is 1.58 bits per heavy atom. The first-order valence-electron chi connectivity index (χ1n) is 3.19. The van der Waals surface area contributed by atoms with E-state index in [-0.39, 0.29) is 11.6 Å². The zero-order chi connectivity index (χ0) is 8.97. The topological polar surface area (TPSA) is 33.0 Å². The van der Waals surface area contributed by atoms with Gasteiger partial charge >= 0.3 is 0 Å². The molecular formula is C8H5ClFNO. The van der Waals surface area contributed by atoms with E-state index in [9.17, 15) is 4.39 Å². The lowest BCUT2D eigenvalue weighted by Gasteiger charge is -2.01. The fourth-order valence-corrected chi connectivity index (χ4v) is 0.853. The first-order valence-corrected chi connectivity index (χ1v) is 3.56. The minimum Gasteiger partial charge on any atom is -0.479 e. The summed E-state index contributed by atoms with van der Waals surface area (Å²) in [5.74, 6) is -0.107. The van der Waals surface area contributed by atoms with Crippen molar-refractivity contribution in [2.24, 2.45) is 0 Å². The lowest BCUT2D eigenvalue weighted by atomic mass is 10.3. The highest BCUT2D eigenvalue weighted by Gasteiger charge is 2.00. The van der Waals surface area contributed by atoms with Gasteiger partial charge in [-0.05, 0) is 12.1 Å². The number of hydrogen-bond acceptors (Lipinski definition) is 2. The quantitative estimate of drug-likeness (QED) is 0.709. The third-order valence-electron chi connectivity index (χ3n) is 1.19. The van der Waals surface area contributed by atoms with E-state index in [1.807, 2.05) is 0 Å². The van der Waals surface area contributed by atoms with E-state index < -0.39 is 5.82 Å². The predicted molar refractivity (Wildman–Crippen MR) is 42.5 cm³/mol. The summed E-state index contributed by atoms with van der Waals surface area (Å²) in [6, 6.07) is 5.72. The van der Waals surface area contributed by atoms with Crippen molar-refractivity contribution in [2.45, 2.75) is 0 Å². The zero-order valence-corrected chi connectivity index (χ0v) is 6.81. The lowest BCUT2D eigenvalue weighted by Crippen LogP contribution is -1.93. The molecule has 0 aromatic heterocycles. The van der Waals surface area contributed by atoms with E-state index in [2.05, 4.69) is 0 Å². The molecule has 0 radical (unpaired) electrons. The highest BCUT2D eigenvalue weighted by atomic mass is 35.5. The van der Waals surface area contributed by atoms with Gasteiger partial charge in [0.05, 0.1) is 5.02 Å². The predicted octanol–water partition coefficient (Wildman–Crippen LogP) is 2.38. The highest BCUT2D eigenvalue weighted by Crippen LogP contribution is 2.20. The molecular weight excluding hydrogens is 181 g/mol. The maximum atomic E-state index is 12.6. The Morgan fingerprint density at radius 2 is 2.33 bits per heavy atom. The molecule has 0 N–H and O–H groups in total. The molecule has 1 aromatic rings. The standard InChI is InChI=1S/C8H5ClFNO/c9-7-5-6(12-4-3-11)1-2-8(7)10/h1-2,5H,4H2. The normalized spacial score (nSPS) is 9.08. The molecule has 0 saturated heterocycles. The van der Waals surface area contributed by atoms with Gasteiger partial charge in [-0.3, -0.25) is 0 Å². The number of halogens is 2. The van der Waals surface area contributed by atoms with Crippen LogP contribution in [0.4, 0.5) is 4.39 Å². The molecule has 0 aliphatic carbocycles. The number of nitriles is 1. The van der Waals surface area contributed by atoms with Crippen LogP contribution in [-0.4, -0.2) is 6.61 Å². The van der Waals surface area contributed by atoms with Gasteiger partial charge in [-0.25, -0.2) is 4.39 Å². The molecule has 0 heterocycles. The SMILES string of the molecule is N#CCOc1ccc(F)c(Cl)c1. The van der Waals surface area contributed by atoms with E-state index in [1.165, 1.54) is 18.2 Å². The summed E-state index contributed by atoms with van der Waals surface area (Å²) in [7, 11) is 0. The molecule has 0 amide bonds. The highest BCUT2D eigenvalue weighted by molar-refractivity contribution is 6.30. The van der Waals surface area contributed by atoms with Crippen molar-refractivity contribution in [3.8, 4) is 11.8 Å². The van der Waals surface area contributed by atoms with Gasteiger partial charge in [0, 0.05) is 6.07 Å². The smallest absolute Gasteiger partial charge is 0.174 e. The van der Waals surface area contributed by atoms with Gasteiger partial charge in [-0.1, -0.05) is 11.6 Å². The van der Waals surface area contributed by atoms with Gasteiger partial charge in [-0.2, -0.15) is 5.26 Å². The molecule has 0 bridgehead atoms. The molecule has 1 rings (SSSR count). The molecule has 4 heteroatoms. The first kappa shape index (κ1) is 8.82. The van der Waals surface area contributed by atoms with Crippen LogP contribution in [0.15, 0.2) is 18.2 Å². The second-order valence-corrected chi connectivity index (χ2v) is 2.43. The molecule has 0 aliphatic heterocycles. The monoisotopic (exact) mass is 185 g/mol. The second kappa shape index (κ2) is 3.93. The Balaban J connectivity index is 2.77. The Labute approximate surface area is 74.1 Å². The third-order valence-corrected chi connectivity index (χ3v) is 1.48. The Bertz CT molecular complexity index is 321. The van der Waals surface area contributed by atoms with Crippen molar-refractivity contribution >= 4 is 11.6 Å². The number of nitrogens with zero attached hydrogens (tertiary/aromatic N) is 1. The molecule has 0 aliphatic rings. The van der Waals surface area contributed by atoms with Crippen LogP contribution in [0.5, 0.6) is 5.75 Å². The minimum absolute atomic E-state index is 0.00885. The molecule has 62 valence electrons. The van der Waals surface area contributed by atoms with E-state index in [0.717, 1.165) is 0 Å². The fraction of sp³-hybridized carbons (Fsp3) is 0.125. The van der Waals surface area contributed by atoms with Crippen LogP contribution in [0, 0.1) is 17.1 Å². The fourth-order valence-electron chi connectivity index (χ4n) is 0.682. The van der Waals surface area contributed by atoms with E-state index in [0.29, 0.717) is 5.75 Å². The number of benzene rings is 1. The molecule has 1 aromatic carbocycles. The van der Waals surface area contributed by atoms with Gasteiger partial charge < -0.3 is 4.74 Å². The van der Waals surface area contributed by atoms with Gasteiger partial charge in [0.25, 0.3) is 0 Å². The van der Waals surface area contributed by atoms with Crippen LogP contribution in [0.2, 0.25) is 5.02 Å². The second-order valence-electron chi connectivity index (χ2n) is 2.02. The van der Waals surface area contributed by atoms with Crippen molar-refractivity contribution in [3.05, 3.63) is 29.0 Å². The summed E-state index contributed by atoms with van der Waals surface area (Å²) in [6.07, 6.45) is 0. The van der Waals surface area contributed by atoms with Crippen molar-refractivity contribution in [1.29, 1.82) is 5.26 Å². The maximum Gasteiger partial charge on any atom is 0.174 e. The van der Waals surface area contributed by atoms with Crippen LogP contribution < -0.4 is 4.74 Å². The Hall–Kier alpha value is -1.27. The van der Waals surface area contributed by atoms with Crippen LogP contribution >= 0.6 is 11.6 Å². The lowest BCUT2D eigenvalue weighted by molar-refractivity contribution is 0.367. The van der Waals surface area contributed by atoms with Crippen molar-refractivity contribution < 1.29 is 9.13 Å². The summed E-state index contributed by atoms with van der Waals surface area (Å²) < 4.78 is 17.4. The molecule has 12 heavy (non-hydrogen) atoms. The van der Waals surface area contributed by atoms with Crippen LogP contribution in [-0.2, 0) is 0 Å². The number of ether oxygens (including phenoxy) is 1. The summed E-state index contributed by atoms with van der Waals surface area (Å²) >= 11 is 5.45. The van der Waals surface area contributed by atoms with Gasteiger partial charge in [-0.15, -0.1) is 0 Å². The first-order chi connectivity index (χ1) is 5.74. The van der Waals surface area contributed by atoms with Gasteiger partial charge in [0.2, 0.25) is 0 Å². The average Bonchev–Trinajstić information content (AvgIpc) is 2.07. The molecule has 0 fully saturated rings. The molecule has 0 unspecified atom stereocenters. The third kappa shape index (κ3) is 2.11. The van der Waals surface area contributed by atoms with E-state index in [4.69, 9.17) is 21.6 Å². The molecule has 0 spiro atoms. The van der Waals surface area contributed by atoms with Crippen LogP contribution in [0.1, 0.15) is 0 Å². The van der Waals surface area contributed by atoms with Crippen molar-refractivity contribution in [1.82, 2.24) is 0 Å². The van der Waals surface area contributed by atoms with E-state index >= 15 is 0 Å². The summed E-state index contributed by atoms with van der Waals surface area (Å²) in [5.41, 5.74) is 0. The summed E-state index contributed by atoms with van der Waals surface area (Å²) in [4.78, 5) is 0. The van der Waals surface area contributed by atoms with Gasteiger partial charge in [0.1, 0.15) is 17.6 Å². The summed E-state index contributed by atoms with van der Waals surface area (Å²) in [6.45, 7) is -0.0675. The van der Waals surface area contributed by atoms with Crippen molar-refractivity contribution in [2.75, 3.05) is 6.61 Å². The Morgan fingerprint density at radius 3 is 2.92 bits per heavy atom. The molecule has 0 saturated carbocycles. The molecule has 0 atom stereocenters. The zero-order valence-electron chi connectivity index (χ0n) is 6.05.